The van der Waals surface area contributed by atoms with Gasteiger partial charge in [-0.25, -0.2) is 8.42 Å². The molecular formula is C16H22N2O5S. The molecule has 2 atom stereocenters. The molecule has 0 saturated carbocycles. The smallest absolute Gasteiger partial charge is 0.269 e. The maximum atomic E-state index is 11.8. The summed E-state index contributed by atoms with van der Waals surface area (Å²) in [5, 5.41) is 10.8. The molecule has 7 nitrogen and oxygen atoms in total. The van der Waals surface area contributed by atoms with Gasteiger partial charge < -0.3 is 4.74 Å². The van der Waals surface area contributed by atoms with E-state index in [1.165, 1.54) is 12.1 Å². The van der Waals surface area contributed by atoms with Crippen molar-refractivity contribution in [1.29, 1.82) is 0 Å². The Kier molecular flexibility index (Phi) is 5.17. The molecule has 0 N–H and O–H groups in total. The van der Waals surface area contributed by atoms with E-state index in [9.17, 15) is 18.5 Å². The van der Waals surface area contributed by atoms with Gasteiger partial charge in [-0.15, -0.1) is 0 Å². The van der Waals surface area contributed by atoms with Crippen LogP contribution in [0, 0.1) is 10.1 Å². The van der Waals surface area contributed by atoms with Crippen LogP contribution < -0.4 is 0 Å². The van der Waals surface area contributed by atoms with Gasteiger partial charge in [0, 0.05) is 37.9 Å². The first-order valence-electron chi connectivity index (χ1n) is 8.22. The molecule has 2 fully saturated rings. The van der Waals surface area contributed by atoms with Crippen molar-refractivity contribution < 1.29 is 18.1 Å². The van der Waals surface area contributed by atoms with Gasteiger partial charge in [-0.05, 0) is 24.8 Å². The molecule has 0 amide bonds. The summed E-state index contributed by atoms with van der Waals surface area (Å²) in [6.45, 7) is 2.05. The van der Waals surface area contributed by atoms with Crippen LogP contribution in [0.2, 0.25) is 0 Å². The summed E-state index contributed by atoms with van der Waals surface area (Å²) in [4.78, 5) is 12.5. The van der Waals surface area contributed by atoms with Crippen molar-refractivity contribution in [3.05, 3.63) is 39.9 Å². The summed E-state index contributed by atoms with van der Waals surface area (Å²) >= 11 is 0. The number of non-ortho nitro benzene ring substituents is 1. The van der Waals surface area contributed by atoms with Gasteiger partial charge in [0.1, 0.15) is 0 Å². The molecule has 0 spiro atoms. The molecule has 3 rings (SSSR count). The minimum atomic E-state index is -2.96. The monoisotopic (exact) mass is 354 g/mol. The number of benzene rings is 1. The predicted molar refractivity (Wildman–Crippen MR) is 89.5 cm³/mol. The van der Waals surface area contributed by atoms with Gasteiger partial charge in [0.2, 0.25) is 0 Å². The second-order valence-corrected chi connectivity index (χ2v) is 8.77. The first-order chi connectivity index (χ1) is 11.4. The van der Waals surface area contributed by atoms with E-state index in [0.717, 1.165) is 25.0 Å². The maximum absolute atomic E-state index is 11.8. The number of sulfone groups is 1. The molecule has 1 aromatic carbocycles. The van der Waals surface area contributed by atoms with Crippen LogP contribution >= 0.6 is 0 Å². The molecule has 2 aliphatic heterocycles. The molecule has 132 valence electrons. The van der Waals surface area contributed by atoms with E-state index in [0.29, 0.717) is 19.5 Å². The van der Waals surface area contributed by atoms with E-state index in [1.807, 2.05) is 0 Å². The SMILES string of the molecule is O=[N+]([O-])c1ccc(CN(C[C@H]2CCCO2)[C@H]2CCS(=O)(=O)C2)cc1. The van der Waals surface area contributed by atoms with Crippen molar-refractivity contribution in [3.63, 3.8) is 0 Å². The van der Waals surface area contributed by atoms with Crippen LogP contribution in [0.15, 0.2) is 24.3 Å². The minimum absolute atomic E-state index is 0.00519. The van der Waals surface area contributed by atoms with Crippen LogP contribution in [0.4, 0.5) is 5.69 Å². The highest BCUT2D eigenvalue weighted by Gasteiger charge is 2.34. The largest absolute Gasteiger partial charge is 0.377 e. The first-order valence-corrected chi connectivity index (χ1v) is 10.0. The lowest BCUT2D eigenvalue weighted by Crippen LogP contribution is -2.40. The summed E-state index contributed by atoms with van der Waals surface area (Å²) < 4.78 is 29.3. The van der Waals surface area contributed by atoms with Crippen molar-refractivity contribution in [2.45, 2.75) is 38.0 Å². The van der Waals surface area contributed by atoms with E-state index in [4.69, 9.17) is 4.74 Å². The van der Waals surface area contributed by atoms with Gasteiger partial charge in [0.05, 0.1) is 22.5 Å². The van der Waals surface area contributed by atoms with Gasteiger partial charge in [-0.2, -0.15) is 0 Å². The molecule has 2 aliphatic rings. The Morgan fingerprint density at radius 3 is 2.54 bits per heavy atom. The lowest BCUT2D eigenvalue weighted by atomic mass is 10.1. The van der Waals surface area contributed by atoms with Crippen LogP contribution in [-0.4, -0.2) is 55.0 Å². The Morgan fingerprint density at radius 2 is 2.00 bits per heavy atom. The molecule has 1 aromatic rings. The average molecular weight is 354 g/mol. The fourth-order valence-electron chi connectivity index (χ4n) is 3.41. The minimum Gasteiger partial charge on any atom is -0.377 e. The van der Waals surface area contributed by atoms with Crippen LogP contribution in [0.25, 0.3) is 0 Å². The summed E-state index contributed by atoms with van der Waals surface area (Å²) in [5.41, 5.74) is 1.01. The van der Waals surface area contributed by atoms with Gasteiger partial charge in [0.25, 0.3) is 5.69 Å². The zero-order valence-electron chi connectivity index (χ0n) is 13.5. The van der Waals surface area contributed by atoms with Crippen molar-refractivity contribution >= 4 is 15.5 Å². The fourth-order valence-corrected chi connectivity index (χ4v) is 5.18. The van der Waals surface area contributed by atoms with Crippen LogP contribution in [0.3, 0.4) is 0 Å². The normalized spacial score (nSPS) is 26.0. The van der Waals surface area contributed by atoms with Gasteiger partial charge in [-0.3, -0.25) is 15.0 Å². The van der Waals surface area contributed by atoms with Crippen LogP contribution in [0.5, 0.6) is 0 Å². The summed E-state index contributed by atoms with van der Waals surface area (Å²) in [6, 6.07) is 6.46. The molecule has 0 unspecified atom stereocenters. The number of hydrogen-bond donors (Lipinski definition) is 0. The van der Waals surface area contributed by atoms with Crippen molar-refractivity contribution in [2.75, 3.05) is 24.7 Å². The molecule has 0 aliphatic carbocycles. The second-order valence-electron chi connectivity index (χ2n) is 6.54. The average Bonchev–Trinajstić information content (AvgIpc) is 3.16. The van der Waals surface area contributed by atoms with Crippen molar-refractivity contribution in [1.82, 2.24) is 4.90 Å². The standard InChI is InChI=1S/C16H22N2O5S/c19-18(20)14-5-3-13(4-6-14)10-17(11-16-2-1-8-23-16)15-7-9-24(21,22)12-15/h3-6,15-16H,1-2,7-12H2/t15-,16+/m0/s1. The van der Waals surface area contributed by atoms with E-state index < -0.39 is 14.8 Å². The molecule has 2 heterocycles. The molecule has 8 heteroatoms. The van der Waals surface area contributed by atoms with E-state index >= 15 is 0 Å². The van der Waals surface area contributed by atoms with Crippen molar-refractivity contribution in [3.8, 4) is 0 Å². The molecule has 2 saturated heterocycles. The Bertz CT molecular complexity index is 683. The van der Waals surface area contributed by atoms with E-state index in [2.05, 4.69) is 4.90 Å². The topological polar surface area (TPSA) is 89.8 Å². The number of rotatable bonds is 6. The Balaban J connectivity index is 1.72. The number of nitro groups is 1. The predicted octanol–water partition coefficient (Wildman–Crippen LogP) is 1.76. The number of hydrogen-bond acceptors (Lipinski definition) is 6. The number of ether oxygens (including phenoxy) is 1. The summed E-state index contributed by atoms with van der Waals surface area (Å²) in [5.74, 6) is 0.423. The van der Waals surface area contributed by atoms with E-state index in [-0.39, 0.29) is 29.3 Å². The third-order valence-electron chi connectivity index (χ3n) is 4.72. The highest BCUT2D eigenvalue weighted by molar-refractivity contribution is 7.91. The summed E-state index contributed by atoms with van der Waals surface area (Å²) in [7, 11) is -2.96. The lowest BCUT2D eigenvalue weighted by molar-refractivity contribution is -0.384. The highest BCUT2D eigenvalue weighted by Crippen LogP contribution is 2.23. The number of nitrogens with zero attached hydrogens (tertiary/aromatic N) is 2. The second kappa shape index (κ2) is 7.16. The van der Waals surface area contributed by atoms with Crippen LogP contribution in [0.1, 0.15) is 24.8 Å². The third-order valence-corrected chi connectivity index (χ3v) is 6.47. The third kappa shape index (κ3) is 4.31. The summed E-state index contributed by atoms with van der Waals surface area (Å²) in [6.07, 6.45) is 2.82. The van der Waals surface area contributed by atoms with Crippen molar-refractivity contribution in [2.24, 2.45) is 0 Å². The Hall–Kier alpha value is -1.51. The Morgan fingerprint density at radius 1 is 1.25 bits per heavy atom. The van der Waals surface area contributed by atoms with Gasteiger partial charge in [-0.1, -0.05) is 12.1 Å². The molecular weight excluding hydrogens is 332 g/mol. The first kappa shape index (κ1) is 17.3. The molecule has 0 radical (unpaired) electrons. The number of nitro benzene ring substituents is 1. The highest BCUT2D eigenvalue weighted by atomic mass is 32.2. The molecule has 0 aromatic heterocycles. The Labute approximate surface area is 141 Å². The molecule has 0 bridgehead atoms. The van der Waals surface area contributed by atoms with Crippen LogP contribution in [-0.2, 0) is 21.1 Å². The van der Waals surface area contributed by atoms with Gasteiger partial charge in [0.15, 0.2) is 9.84 Å². The van der Waals surface area contributed by atoms with Gasteiger partial charge >= 0.3 is 0 Å². The quantitative estimate of drug-likeness (QED) is 0.571. The maximum Gasteiger partial charge on any atom is 0.269 e. The lowest BCUT2D eigenvalue weighted by Gasteiger charge is -2.30. The van der Waals surface area contributed by atoms with E-state index in [1.54, 1.807) is 12.1 Å². The zero-order chi connectivity index (χ0) is 17.2. The molecule has 24 heavy (non-hydrogen) atoms. The zero-order valence-corrected chi connectivity index (χ0v) is 14.3. The fraction of sp³-hybridized carbons (Fsp3) is 0.625.